The SMILES string of the molecule is CCCC(OC(=O)OC(C)CC)[Si](C)(C)O. The Kier molecular flexibility index (Phi) is 6.67. The molecule has 96 valence electrons. The summed E-state index contributed by atoms with van der Waals surface area (Å²) >= 11 is 0. The summed E-state index contributed by atoms with van der Waals surface area (Å²) in [5, 5.41) is 0. The summed E-state index contributed by atoms with van der Waals surface area (Å²) in [4.78, 5) is 21.4. The van der Waals surface area contributed by atoms with E-state index in [1.165, 1.54) is 0 Å². The first-order chi connectivity index (χ1) is 7.31. The van der Waals surface area contributed by atoms with Crippen LogP contribution in [0.15, 0.2) is 0 Å². The fraction of sp³-hybridized carbons (Fsp3) is 0.909. The van der Waals surface area contributed by atoms with E-state index in [0.717, 1.165) is 12.8 Å². The van der Waals surface area contributed by atoms with Crippen LogP contribution in [0.3, 0.4) is 0 Å². The van der Waals surface area contributed by atoms with Gasteiger partial charge in [0.15, 0.2) is 0 Å². The number of rotatable bonds is 6. The van der Waals surface area contributed by atoms with Crippen molar-refractivity contribution in [2.75, 3.05) is 0 Å². The van der Waals surface area contributed by atoms with Crippen molar-refractivity contribution in [1.82, 2.24) is 0 Å². The lowest BCUT2D eigenvalue weighted by molar-refractivity contribution is 0.0133. The number of hydrogen-bond donors (Lipinski definition) is 1. The summed E-state index contributed by atoms with van der Waals surface area (Å²) in [5.41, 5.74) is -0.381. The Balaban J connectivity index is 4.24. The molecule has 0 spiro atoms. The van der Waals surface area contributed by atoms with E-state index >= 15 is 0 Å². The van der Waals surface area contributed by atoms with Gasteiger partial charge in [-0.1, -0.05) is 20.3 Å². The molecule has 0 rings (SSSR count). The highest BCUT2D eigenvalue weighted by Crippen LogP contribution is 2.15. The first-order valence-electron chi connectivity index (χ1n) is 5.90. The summed E-state index contributed by atoms with van der Waals surface area (Å²) in [5.74, 6) is 0. The van der Waals surface area contributed by atoms with Gasteiger partial charge in [0.05, 0.1) is 0 Å². The molecule has 0 bridgehead atoms. The van der Waals surface area contributed by atoms with E-state index in [2.05, 4.69) is 0 Å². The third-order valence-corrected chi connectivity index (χ3v) is 4.43. The van der Waals surface area contributed by atoms with Crippen molar-refractivity contribution in [2.24, 2.45) is 0 Å². The lowest BCUT2D eigenvalue weighted by Gasteiger charge is -2.26. The molecule has 0 aromatic rings. The molecule has 0 aromatic heterocycles. The highest BCUT2D eigenvalue weighted by Gasteiger charge is 2.33. The van der Waals surface area contributed by atoms with Gasteiger partial charge in [-0.2, -0.15) is 0 Å². The van der Waals surface area contributed by atoms with Gasteiger partial charge in [-0.3, -0.25) is 0 Å². The van der Waals surface area contributed by atoms with E-state index in [4.69, 9.17) is 9.47 Å². The van der Waals surface area contributed by atoms with Crippen LogP contribution >= 0.6 is 0 Å². The van der Waals surface area contributed by atoms with Crippen LogP contribution in [0.5, 0.6) is 0 Å². The van der Waals surface area contributed by atoms with Crippen molar-refractivity contribution >= 4 is 14.5 Å². The van der Waals surface area contributed by atoms with E-state index in [9.17, 15) is 9.59 Å². The van der Waals surface area contributed by atoms with Crippen LogP contribution in [-0.2, 0) is 9.47 Å². The van der Waals surface area contributed by atoms with Gasteiger partial charge in [-0.05, 0) is 32.9 Å². The molecule has 0 aliphatic rings. The Bertz CT molecular complexity index is 213. The molecule has 0 radical (unpaired) electrons. The van der Waals surface area contributed by atoms with Gasteiger partial charge in [0, 0.05) is 0 Å². The lowest BCUT2D eigenvalue weighted by Crippen LogP contribution is -2.45. The molecular weight excluding hydrogens is 224 g/mol. The fourth-order valence-electron chi connectivity index (χ4n) is 1.21. The normalized spacial score (nSPS) is 15.4. The molecule has 4 nitrogen and oxygen atoms in total. The number of hydrogen-bond acceptors (Lipinski definition) is 4. The summed E-state index contributed by atoms with van der Waals surface area (Å²) in [6.45, 7) is 9.29. The van der Waals surface area contributed by atoms with E-state index in [1.54, 1.807) is 13.1 Å². The molecule has 0 saturated carbocycles. The Morgan fingerprint density at radius 3 is 2.25 bits per heavy atom. The molecule has 0 aliphatic carbocycles. The monoisotopic (exact) mass is 248 g/mol. The Hall–Kier alpha value is -0.553. The number of carbonyl (C=O) groups excluding carboxylic acids is 1. The third-order valence-electron chi connectivity index (χ3n) is 2.45. The Morgan fingerprint density at radius 1 is 1.31 bits per heavy atom. The van der Waals surface area contributed by atoms with Gasteiger partial charge in [-0.15, -0.1) is 0 Å². The average molecular weight is 248 g/mol. The minimum Gasteiger partial charge on any atom is -0.432 e. The molecule has 0 fully saturated rings. The molecule has 16 heavy (non-hydrogen) atoms. The van der Waals surface area contributed by atoms with E-state index in [1.807, 2.05) is 20.8 Å². The molecule has 0 amide bonds. The molecule has 0 saturated heterocycles. The first-order valence-corrected chi connectivity index (χ1v) is 8.93. The summed E-state index contributed by atoms with van der Waals surface area (Å²) in [6.07, 6.45) is 1.51. The third kappa shape index (κ3) is 6.12. The van der Waals surface area contributed by atoms with E-state index < -0.39 is 14.5 Å². The van der Waals surface area contributed by atoms with E-state index in [-0.39, 0.29) is 11.8 Å². The molecule has 1 N–H and O–H groups in total. The molecule has 2 atom stereocenters. The van der Waals surface area contributed by atoms with Crippen molar-refractivity contribution in [3.8, 4) is 0 Å². The second-order valence-corrected chi connectivity index (χ2v) is 8.59. The second kappa shape index (κ2) is 6.91. The van der Waals surface area contributed by atoms with Crippen molar-refractivity contribution in [3.63, 3.8) is 0 Å². The minimum atomic E-state index is -2.45. The predicted molar refractivity (Wildman–Crippen MR) is 65.7 cm³/mol. The maximum atomic E-state index is 11.4. The smallest absolute Gasteiger partial charge is 0.432 e. The van der Waals surface area contributed by atoms with Crippen LogP contribution in [0, 0.1) is 0 Å². The maximum absolute atomic E-state index is 11.4. The summed E-state index contributed by atoms with van der Waals surface area (Å²) < 4.78 is 10.2. The molecule has 5 heteroatoms. The standard InChI is InChI=1S/C11H24O4Si/c1-6-8-10(16(4,5)13)15-11(12)14-9(3)7-2/h9-10,13H,6-8H2,1-5H3. The topological polar surface area (TPSA) is 55.8 Å². The first kappa shape index (κ1) is 15.4. The highest BCUT2D eigenvalue weighted by molar-refractivity contribution is 6.71. The Morgan fingerprint density at radius 2 is 1.88 bits per heavy atom. The number of ether oxygens (including phenoxy) is 2. The van der Waals surface area contributed by atoms with Gasteiger partial charge in [0.2, 0.25) is 8.32 Å². The van der Waals surface area contributed by atoms with E-state index in [0.29, 0.717) is 6.42 Å². The fourth-order valence-corrected chi connectivity index (χ4v) is 2.59. The minimum absolute atomic E-state index is 0.141. The van der Waals surface area contributed by atoms with Gasteiger partial charge in [0.1, 0.15) is 11.8 Å². The zero-order chi connectivity index (χ0) is 12.8. The Labute approximate surface area is 99.1 Å². The van der Waals surface area contributed by atoms with Crippen LogP contribution in [0.25, 0.3) is 0 Å². The second-order valence-electron chi connectivity index (χ2n) is 4.64. The maximum Gasteiger partial charge on any atom is 0.508 e. The van der Waals surface area contributed by atoms with Crippen molar-refractivity contribution in [3.05, 3.63) is 0 Å². The zero-order valence-electron chi connectivity index (χ0n) is 10.9. The number of carbonyl (C=O) groups is 1. The predicted octanol–water partition coefficient (Wildman–Crippen LogP) is 2.84. The summed E-state index contributed by atoms with van der Waals surface area (Å²) in [6, 6.07) is 0. The molecule has 2 unspecified atom stereocenters. The van der Waals surface area contributed by atoms with Crippen molar-refractivity contribution < 1.29 is 19.1 Å². The van der Waals surface area contributed by atoms with Crippen LogP contribution < -0.4 is 0 Å². The van der Waals surface area contributed by atoms with Gasteiger partial charge in [-0.25, -0.2) is 4.79 Å². The van der Waals surface area contributed by atoms with Crippen molar-refractivity contribution in [1.29, 1.82) is 0 Å². The van der Waals surface area contributed by atoms with Crippen LogP contribution in [-0.4, -0.2) is 31.1 Å². The van der Waals surface area contributed by atoms with Crippen LogP contribution in [0.4, 0.5) is 4.79 Å². The average Bonchev–Trinajstić information content (AvgIpc) is 2.15. The van der Waals surface area contributed by atoms with Gasteiger partial charge < -0.3 is 14.3 Å². The highest BCUT2D eigenvalue weighted by atomic mass is 28.4. The van der Waals surface area contributed by atoms with Crippen LogP contribution in [0.1, 0.15) is 40.0 Å². The van der Waals surface area contributed by atoms with Crippen LogP contribution in [0.2, 0.25) is 13.1 Å². The zero-order valence-corrected chi connectivity index (χ0v) is 11.9. The summed E-state index contributed by atoms with van der Waals surface area (Å²) in [7, 11) is -2.45. The molecule has 0 aromatic carbocycles. The van der Waals surface area contributed by atoms with Gasteiger partial charge >= 0.3 is 6.16 Å². The molecular formula is C11H24O4Si. The largest absolute Gasteiger partial charge is 0.508 e. The van der Waals surface area contributed by atoms with Gasteiger partial charge in [0.25, 0.3) is 0 Å². The molecule has 0 heterocycles. The lowest BCUT2D eigenvalue weighted by atomic mass is 10.3. The van der Waals surface area contributed by atoms with Crippen molar-refractivity contribution in [2.45, 2.75) is 65.0 Å². The quantitative estimate of drug-likeness (QED) is 0.580. The molecule has 0 aliphatic heterocycles.